The highest BCUT2D eigenvalue weighted by molar-refractivity contribution is 5.88. The molecule has 1 saturated heterocycles. The van der Waals surface area contributed by atoms with Crippen molar-refractivity contribution in [3.05, 3.63) is 54.6 Å². The van der Waals surface area contributed by atoms with Crippen LogP contribution in [0.15, 0.2) is 54.6 Å². The number of benzene rings is 2. The van der Waals surface area contributed by atoms with Crippen LogP contribution < -0.4 is 10.2 Å². The number of hydroxylamine groups is 1. The van der Waals surface area contributed by atoms with Gasteiger partial charge in [0.25, 0.3) is 5.91 Å². The molecule has 1 heterocycles. The second-order valence-electron chi connectivity index (χ2n) is 7.23. The highest BCUT2D eigenvalue weighted by atomic mass is 16.5. The van der Waals surface area contributed by atoms with Crippen LogP contribution in [0.25, 0.3) is 10.8 Å². The van der Waals surface area contributed by atoms with Crippen LogP contribution in [0.3, 0.4) is 0 Å². The summed E-state index contributed by atoms with van der Waals surface area (Å²) in [6.45, 7) is 2.61. The summed E-state index contributed by atoms with van der Waals surface area (Å²) >= 11 is 0. The van der Waals surface area contributed by atoms with E-state index in [2.05, 4.69) is 0 Å². The van der Waals surface area contributed by atoms with Gasteiger partial charge in [0.05, 0.1) is 25.7 Å². The summed E-state index contributed by atoms with van der Waals surface area (Å²) in [7, 11) is 0. The normalized spacial score (nSPS) is 15.3. The minimum atomic E-state index is -0.560. The zero-order valence-electron chi connectivity index (χ0n) is 17.0. The van der Waals surface area contributed by atoms with Crippen molar-refractivity contribution in [2.45, 2.75) is 19.3 Å². The number of nitrogens with zero attached hydrogens (tertiary/aromatic N) is 1. The lowest BCUT2D eigenvalue weighted by Crippen LogP contribution is -2.45. The summed E-state index contributed by atoms with van der Waals surface area (Å²) in [6.07, 6.45) is 4.98. The molecule has 0 aromatic heterocycles. The Morgan fingerprint density at radius 1 is 1.17 bits per heavy atom. The number of carbonyl (C=O) groups is 2. The Morgan fingerprint density at radius 3 is 2.73 bits per heavy atom. The van der Waals surface area contributed by atoms with Crippen LogP contribution in [0.1, 0.15) is 19.3 Å². The molecular formula is C23H28N2O5. The molecule has 2 aromatic carbocycles. The van der Waals surface area contributed by atoms with Crippen molar-refractivity contribution >= 4 is 22.6 Å². The van der Waals surface area contributed by atoms with E-state index in [1.807, 2.05) is 47.4 Å². The summed E-state index contributed by atoms with van der Waals surface area (Å²) in [4.78, 5) is 26.0. The lowest BCUT2D eigenvalue weighted by atomic mass is 10.0. The van der Waals surface area contributed by atoms with Gasteiger partial charge in [-0.3, -0.25) is 14.8 Å². The summed E-state index contributed by atoms with van der Waals surface area (Å²) in [5, 5.41) is 10.6. The number of fused-ring (bicyclic) bond motifs is 1. The van der Waals surface area contributed by atoms with Crippen molar-refractivity contribution in [1.82, 2.24) is 10.4 Å². The number of unbranched alkanes of at least 4 members (excludes halogenated alkanes) is 1. The predicted molar refractivity (Wildman–Crippen MR) is 113 cm³/mol. The Labute approximate surface area is 176 Å². The average Bonchev–Trinajstić information content (AvgIpc) is 2.80. The maximum absolute atomic E-state index is 13.1. The van der Waals surface area contributed by atoms with Gasteiger partial charge in [-0.25, -0.2) is 5.48 Å². The highest BCUT2D eigenvalue weighted by Crippen LogP contribution is 2.26. The van der Waals surface area contributed by atoms with E-state index in [0.29, 0.717) is 45.8 Å². The number of allylic oxidation sites excluding steroid dienone is 1. The third kappa shape index (κ3) is 6.05. The predicted octanol–water partition coefficient (Wildman–Crippen LogP) is 2.93. The molecule has 0 bridgehead atoms. The smallest absolute Gasteiger partial charge is 0.267 e. The SMILES string of the molecule is O=C(/C=C/CCCC(COc1cccc2ccccc12)C(=O)N1CCOCC1)NO. The topological polar surface area (TPSA) is 88.1 Å². The number of morpholine rings is 1. The first-order valence-electron chi connectivity index (χ1n) is 10.3. The van der Waals surface area contributed by atoms with Gasteiger partial charge in [-0.2, -0.15) is 0 Å². The molecular weight excluding hydrogens is 384 g/mol. The number of rotatable bonds is 9. The molecule has 0 saturated carbocycles. The third-order valence-corrected chi connectivity index (χ3v) is 5.16. The number of hydrogen-bond acceptors (Lipinski definition) is 5. The van der Waals surface area contributed by atoms with Gasteiger partial charge in [-0.05, 0) is 30.7 Å². The zero-order chi connectivity index (χ0) is 21.2. The highest BCUT2D eigenvalue weighted by Gasteiger charge is 2.26. The van der Waals surface area contributed by atoms with E-state index in [0.717, 1.165) is 22.9 Å². The van der Waals surface area contributed by atoms with Crippen LogP contribution in [0.5, 0.6) is 5.75 Å². The number of carbonyl (C=O) groups excluding carboxylic acids is 2. The Balaban J connectivity index is 1.64. The largest absolute Gasteiger partial charge is 0.492 e. The van der Waals surface area contributed by atoms with Crippen LogP contribution in [-0.4, -0.2) is 54.8 Å². The third-order valence-electron chi connectivity index (χ3n) is 5.16. The molecule has 1 fully saturated rings. The molecule has 160 valence electrons. The number of amides is 2. The fraction of sp³-hybridized carbons (Fsp3) is 0.391. The van der Waals surface area contributed by atoms with Crippen molar-refractivity contribution in [2.24, 2.45) is 5.92 Å². The standard InChI is InChI=1S/C23H28N2O5/c26-22(24-28)12-3-1-2-8-19(23(27)25-13-15-29-16-14-25)17-30-21-11-6-9-18-7-4-5-10-20(18)21/h3-7,9-12,19,28H,1-2,8,13-17H2,(H,24,26)/b12-3+. The zero-order valence-corrected chi connectivity index (χ0v) is 17.0. The Kier molecular flexibility index (Phi) is 8.23. The van der Waals surface area contributed by atoms with Gasteiger partial charge < -0.3 is 14.4 Å². The van der Waals surface area contributed by atoms with E-state index in [1.165, 1.54) is 6.08 Å². The molecule has 1 aliphatic rings. The van der Waals surface area contributed by atoms with Gasteiger partial charge >= 0.3 is 0 Å². The van der Waals surface area contributed by atoms with E-state index >= 15 is 0 Å². The van der Waals surface area contributed by atoms with E-state index in [-0.39, 0.29) is 11.8 Å². The van der Waals surface area contributed by atoms with E-state index < -0.39 is 5.91 Å². The van der Waals surface area contributed by atoms with Crippen molar-refractivity contribution in [1.29, 1.82) is 0 Å². The Bertz CT molecular complexity index is 872. The van der Waals surface area contributed by atoms with Crippen LogP contribution in [-0.2, 0) is 14.3 Å². The average molecular weight is 412 g/mol. The van der Waals surface area contributed by atoms with Gasteiger partial charge in [0.2, 0.25) is 5.91 Å². The summed E-state index contributed by atoms with van der Waals surface area (Å²) in [6, 6.07) is 13.9. The van der Waals surface area contributed by atoms with Crippen LogP contribution >= 0.6 is 0 Å². The fourth-order valence-electron chi connectivity index (χ4n) is 3.54. The maximum atomic E-state index is 13.1. The first-order chi connectivity index (χ1) is 14.7. The molecule has 7 nitrogen and oxygen atoms in total. The van der Waals surface area contributed by atoms with Crippen LogP contribution in [0, 0.1) is 5.92 Å². The lowest BCUT2D eigenvalue weighted by Gasteiger charge is -2.30. The molecule has 30 heavy (non-hydrogen) atoms. The monoisotopic (exact) mass is 412 g/mol. The first-order valence-corrected chi connectivity index (χ1v) is 10.3. The molecule has 7 heteroatoms. The van der Waals surface area contributed by atoms with Gasteiger partial charge in [0, 0.05) is 24.6 Å². The van der Waals surface area contributed by atoms with Crippen molar-refractivity contribution in [3.8, 4) is 5.75 Å². The van der Waals surface area contributed by atoms with Gasteiger partial charge in [0.1, 0.15) is 5.75 Å². The molecule has 1 aliphatic heterocycles. The second-order valence-corrected chi connectivity index (χ2v) is 7.23. The molecule has 2 N–H and O–H groups in total. The quantitative estimate of drug-likeness (QED) is 0.286. The molecule has 2 aromatic rings. The number of hydrogen-bond donors (Lipinski definition) is 2. The molecule has 1 atom stereocenters. The summed E-state index contributed by atoms with van der Waals surface area (Å²) in [5.41, 5.74) is 1.56. The Morgan fingerprint density at radius 2 is 1.93 bits per heavy atom. The van der Waals surface area contributed by atoms with Crippen LogP contribution in [0.4, 0.5) is 0 Å². The molecule has 0 radical (unpaired) electrons. The Hall–Kier alpha value is -2.90. The van der Waals surface area contributed by atoms with Crippen molar-refractivity contribution in [3.63, 3.8) is 0 Å². The molecule has 3 rings (SSSR count). The molecule has 0 aliphatic carbocycles. The van der Waals surface area contributed by atoms with Crippen molar-refractivity contribution in [2.75, 3.05) is 32.9 Å². The number of ether oxygens (including phenoxy) is 2. The van der Waals surface area contributed by atoms with Gasteiger partial charge in [-0.1, -0.05) is 42.5 Å². The summed E-state index contributed by atoms with van der Waals surface area (Å²) in [5.74, 6) is 0.0142. The number of nitrogens with one attached hydrogen (secondary N) is 1. The summed E-state index contributed by atoms with van der Waals surface area (Å²) < 4.78 is 11.5. The van der Waals surface area contributed by atoms with Gasteiger partial charge in [0.15, 0.2) is 0 Å². The van der Waals surface area contributed by atoms with Crippen molar-refractivity contribution < 1.29 is 24.3 Å². The minimum absolute atomic E-state index is 0.0793. The molecule has 1 unspecified atom stereocenters. The molecule has 2 amide bonds. The maximum Gasteiger partial charge on any atom is 0.267 e. The minimum Gasteiger partial charge on any atom is -0.492 e. The van der Waals surface area contributed by atoms with E-state index in [4.69, 9.17) is 14.7 Å². The fourth-order valence-corrected chi connectivity index (χ4v) is 3.54. The van der Waals surface area contributed by atoms with E-state index in [1.54, 1.807) is 11.6 Å². The second kappa shape index (κ2) is 11.3. The lowest BCUT2D eigenvalue weighted by molar-refractivity contribution is -0.141. The van der Waals surface area contributed by atoms with Crippen LogP contribution in [0.2, 0.25) is 0 Å². The molecule has 0 spiro atoms. The van der Waals surface area contributed by atoms with Gasteiger partial charge in [-0.15, -0.1) is 0 Å². The van der Waals surface area contributed by atoms with E-state index in [9.17, 15) is 9.59 Å². The first kappa shape index (κ1) is 21.8.